The highest BCUT2D eigenvalue weighted by atomic mass is 16.6. The van der Waals surface area contributed by atoms with Crippen LogP contribution >= 0.6 is 0 Å². The first-order valence-corrected chi connectivity index (χ1v) is 7.72. The maximum Gasteiger partial charge on any atom is 0.410 e. The molecule has 0 spiro atoms. The second-order valence-corrected chi connectivity index (χ2v) is 5.53. The number of pyridine rings is 1. The first kappa shape index (κ1) is 14.6. The van der Waals surface area contributed by atoms with Crippen molar-refractivity contribution in [2.75, 3.05) is 6.54 Å². The van der Waals surface area contributed by atoms with Gasteiger partial charge in [0.1, 0.15) is 6.61 Å². The van der Waals surface area contributed by atoms with Crippen molar-refractivity contribution >= 4 is 6.09 Å². The first-order chi connectivity index (χ1) is 10.8. The molecule has 22 heavy (non-hydrogen) atoms. The summed E-state index contributed by atoms with van der Waals surface area (Å²) in [5, 5.41) is 0. The molecular weight excluding hydrogens is 276 g/mol. The van der Waals surface area contributed by atoms with E-state index in [4.69, 9.17) is 4.74 Å². The van der Waals surface area contributed by atoms with Crippen LogP contribution < -0.4 is 0 Å². The fourth-order valence-corrected chi connectivity index (χ4v) is 2.87. The number of aromatic nitrogens is 1. The Morgan fingerprint density at radius 2 is 2.05 bits per heavy atom. The molecule has 1 fully saturated rings. The van der Waals surface area contributed by atoms with Gasteiger partial charge in [0.05, 0.1) is 6.04 Å². The van der Waals surface area contributed by atoms with Crippen molar-refractivity contribution in [1.82, 2.24) is 9.88 Å². The van der Waals surface area contributed by atoms with Gasteiger partial charge in [-0.2, -0.15) is 0 Å². The molecule has 4 heteroatoms. The number of likely N-dealkylation sites (tertiary alicyclic amines) is 1. The fraction of sp³-hybridized carbons (Fsp3) is 0.333. The zero-order chi connectivity index (χ0) is 15.2. The molecular formula is C18H20N2O2. The molecule has 1 aromatic heterocycles. The van der Waals surface area contributed by atoms with Gasteiger partial charge in [0, 0.05) is 18.9 Å². The van der Waals surface area contributed by atoms with Crippen molar-refractivity contribution in [1.29, 1.82) is 0 Å². The van der Waals surface area contributed by atoms with Crippen molar-refractivity contribution in [3.8, 4) is 0 Å². The fourth-order valence-electron chi connectivity index (χ4n) is 2.87. The van der Waals surface area contributed by atoms with E-state index >= 15 is 0 Å². The number of carbonyl (C=O) groups is 1. The highest BCUT2D eigenvalue weighted by Crippen LogP contribution is 2.30. The monoisotopic (exact) mass is 296 g/mol. The van der Waals surface area contributed by atoms with Crippen LogP contribution in [-0.4, -0.2) is 22.5 Å². The van der Waals surface area contributed by atoms with Gasteiger partial charge in [-0.3, -0.25) is 4.98 Å². The van der Waals surface area contributed by atoms with E-state index in [2.05, 4.69) is 4.98 Å². The molecule has 0 radical (unpaired) electrons. The van der Waals surface area contributed by atoms with Gasteiger partial charge in [-0.1, -0.05) is 36.4 Å². The molecule has 2 aromatic rings. The standard InChI is InChI=1S/C18H20N2O2/c21-18(22-14-15-7-2-1-3-8-15)20-12-5-4-10-17(20)16-9-6-11-19-13-16/h1-3,6-9,11,13,17H,4-5,10,12,14H2/t17-/m0/s1. The van der Waals surface area contributed by atoms with Crippen LogP contribution in [0.5, 0.6) is 0 Å². The smallest absolute Gasteiger partial charge is 0.410 e. The number of nitrogens with zero attached hydrogens (tertiary/aromatic N) is 2. The van der Waals surface area contributed by atoms with Crippen LogP contribution in [0.3, 0.4) is 0 Å². The molecule has 1 aromatic carbocycles. The van der Waals surface area contributed by atoms with E-state index in [9.17, 15) is 4.79 Å². The Balaban J connectivity index is 1.66. The SMILES string of the molecule is O=C(OCc1ccccc1)N1CCCC[C@H]1c1cccnc1. The molecule has 1 atom stereocenters. The van der Waals surface area contributed by atoms with Gasteiger partial charge >= 0.3 is 6.09 Å². The maximum atomic E-state index is 12.4. The van der Waals surface area contributed by atoms with Crippen LogP contribution in [0, 0.1) is 0 Å². The van der Waals surface area contributed by atoms with E-state index < -0.39 is 0 Å². The van der Waals surface area contributed by atoms with Gasteiger partial charge in [-0.05, 0) is 36.5 Å². The second-order valence-electron chi connectivity index (χ2n) is 5.53. The topological polar surface area (TPSA) is 42.4 Å². The zero-order valence-corrected chi connectivity index (χ0v) is 12.5. The maximum absolute atomic E-state index is 12.4. The molecule has 0 aliphatic carbocycles. The Labute approximate surface area is 130 Å². The minimum absolute atomic E-state index is 0.0747. The van der Waals surface area contributed by atoms with E-state index in [1.807, 2.05) is 53.6 Å². The van der Waals surface area contributed by atoms with E-state index in [0.29, 0.717) is 6.61 Å². The number of hydrogen-bond donors (Lipinski definition) is 0. The Morgan fingerprint density at radius 1 is 1.18 bits per heavy atom. The number of amides is 1. The average molecular weight is 296 g/mol. The molecule has 4 nitrogen and oxygen atoms in total. The summed E-state index contributed by atoms with van der Waals surface area (Å²) >= 11 is 0. The van der Waals surface area contributed by atoms with Crippen LogP contribution in [0.2, 0.25) is 0 Å². The molecule has 1 saturated heterocycles. The summed E-state index contributed by atoms with van der Waals surface area (Å²) in [5.41, 5.74) is 2.09. The molecule has 0 N–H and O–H groups in total. The largest absolute Gasteiger partial charge is 0.445 e. The summed E-state index contributed by atoms with van der Waals surface area (Å²) in [4.78, 5) is 18.4. The number of benzene rings is 1. The lowest BCUT2D eigenvalue weighted by Crippen LogP contribution is -2.38. The Kier molecular flexibility index (Phi) is 4.68. The van der Waals surface area contributed by atoms with E-state index in [1.54, 1.807) is 6.20 Å². The summed E-state index contributed by atoms with van der Waals surface area (Å²) in [5.74, 6) is 0. The molecule has 1 aliphatic heterocycles. The molecule has 3 rings (SSSR count). The second kappa shape index (κ2) is 7.07. The zero-order valence-electron chi connectivity index (χ0n) is 12.5. The predicted molar refractivity (Wildman–Crippen MR) is 84.2 cm³/mol. The van der Waals surface area contributed by atoms with Gasteiger partial charge in [-0.25, -0.2) is 4.79 Å². The lowest BCUT2D eigenvalue weighted by atomic mass is 9.97. The average Bonchev–Trinajstić information content (AvgIpc) is 2.61. The lowest BCUT2D eigenvalue weighted by molar-refractivity contribution is 0.0678. The third-order valence-electron chi connectivity index (χ3n) is 4.01. The minimum Gasteiger partial charge on any atom is -0.445 e. The first-order valence-electron chi connectivity index (χ1n) is 7.72. The quantitative estimate of drug-likeness (QED) is 0.861. The van der Waals surface area contributed by atoms with Crippen molar-refractivity contribution in [2.24, 2.45) is 0 Å². The molecule has 114 valence electrons. The van der Waals surface area contributed by atoms with E-state index in [-0.39, 0.29) is 12.1 Å². The minimum atomic E-state index is -0.239. The van der Waals surface area contributed by atoms with E-state index in [0.717, 1.165) is 36.9 Å². The molecule has 2 heterocycles. The van der Waals surface area contributed by atoms with Gasteiger partial charge < -0.3 is 9.64 Å². The van der Waals surface area contributed by atoms with Gasteiger partial charge in [0.2, 0.25) is 0 Å². The van der Waals surface area contributed by atoms with Crippen LogP contribution in [0.1, 0.15) is 36.4 Å². The molecule has 1 aliphatic rings. The highest BCUT2D eigenvalue weighted by molar-refractivity contribution is 5.68. The van der Waals surface area contributed by atoms with Crippen molar-refractivity contribution in [3.05, 3.63) is 66.0 Å². The Bertz CT molecular complexity index is 601. The summed E-state index contributed by atoms with van der Waals surface area (Å²) in [6, 6.07) is 13.8. The number of rotatable bonds is 3. The highest BCUT2D eigenvalue weighted by Gasteiger charge is 2.29. The Hall–Kier alpha value is -2.36. The number of ether oxygens (including phenoxy) is 1. The summed E-state index contributed by atoms with van der Waals surface area (Å²) < 4.78 is 5.49. The molecule has 0 saturated carbocycles. The van der Waals surface area contributed by atoms with Gasteiger partial charge in [0.15, 0.2) is 0 Å². The lowest BCUT2D eigenvalue weighted by Gasteiger charge is -2.35. The van der Waals surface area contributed by atoms with Crippen LogP contribution in [-0.2, 0) is 11.3 Å². The van der Waals surface area contributed by atoms with E-state index in [1.165, 1.54) is 0 Å². The molecule has 0 unspecified atom stereocenters. The van der Waals surface area contributed by atoms with Crippen LogP contribution in [0.15, 0.2) is 54.9 Å². The normalized spacial score (nSPS) is 18.0. The third-order valence-corrected chi connectivity index (χ3v) is 4.01. The number of hydrogen-bond acceptors (Lipinski definition) is 3. The van der Waals surface area contributed by atoms with Gasteiger partial charge in [-0.15, -0.1) is 0 Å². The summed E-state index contributed by atoms with van der Waals surface area (Å²) in [7, 11) is 0. The Morgan fingerprint density at radius 3 is 2.82 bits per heavy atom. The van der Waals surface area contributed by atoms with Gasteiger partial charge in [0.25, 0.3) is 0 Å². The van der Waals surface area contributed by atoms with Crippen molar-refractivity contribution in [3.63, 3.8) is 0 Å². The van der Waals surface area contributed by atoms with Crippen LogP contribution in [0.25, 0.3) is 0 Å². The summed E-state index contributed by atoms with van der Waals surface area (Å²) in [6.45, 7) is 1.06. The van der Waals surface area contributed by atoms with Crippen molar-refractivity contribution < 1.29 is 9.53 Å². The van der Waals surface area contributed by atoms with Crippen LogP contribution in [0.4, 0.5) is 4.79 Å². The van der Waals surface area contributed by atoms with Crippen molar-refractivity contribution in [2.45, 2.75) is 31.9 Å². The number of piperidine rings is 1. The number of carbonyl (C=O) groups excluding carboxylic acids is 1. The predicted octanol–water partition coefficient (Wildman–Crippen LogP) is 3.95. The third kappa shape index (κ3) is 3.45. The molecule has 0 bridgehead atoms. The summed E-state index contributed by atoms with van der Waals surface area (Å²) in [6.07, 6.45) is 6.47. The molecule has 1 amide bonds.